The van der Waals surface area contributed by atoms with Gasteiger partial charge in [-0.25, -0.2) is 0 Å². The Bertz CT molecular complexity index is 712. The highest BCUT2D eigenvalue weighted by atomic mass is 19.3. The number of anilines is 1. The molecule has 2 rings (SSSR count). The molecule has 0 heterocycles. The second kappa shape index (κ2) is 7.75. The van der Waals surface area contributed by atoms with Crippen molar-refractivity contribution in [1.29, 1.82) is 5.26 Å². The fourth-order valence-corrected chi connectivity index (χ4v) is 1.72. The van der Waals surface area contributed by atoms with E-state index in [1.165, 1.54) is 30.3 Å². The maximum absolute atomic E-state index is 12.0. The van der Waals surface area contributed by atoms with Crippen LogP contribution in [0.5, 0.6) is 11.5 Å². The Balaban J connectivity index is 1.86. The van der Waals surface area contributed by atoms with E-state index < -0.39 is 12.5 Å². The van der Waals surface area contributed by atoms with Crippen LogP contribution in [0.15, 0.2) is 48.5 Å². The van der Waals surface area contributed by atoms with Crippen LogP contribution < -0.4 is 14.8 Å². The number of ether oxygens (including phenoxy) is 2. The number of benzene rings is 2. The first-order valence-corrected chi connectivity index (χ1v) is 6.54. The zero-order valence-corrected chi connectivity index (χ0v) is 11.8. The molecule has 0 fully saturated rings. The third-order valence-electron chi connectivity index (χ3n) is 2.70. The highest BCUT2D eigenvalue weighted by Crippen LogP contribution is 2.18. The summed E-state index contributed by atoms with van der Waals surface area (Å²) in [5, 5.41) is 11.3. The number of carbonyl (C=O) groups excluding carboxylic acids is 1. The van der Waals surface area contributed by atoms with Crippen LogP contribution in [0.1, 0.15) is 5.56 Å². The van der Waals surface area contributed by atoms with E-state index in [9.17, 15) is 13.6 Å². The Labute approximate surface area is 131 Å². The molecule has 0 unspecified atom stereocenters. The zero-order valence-electron chi connectivity index (χ0n) is 11.8. The van der Waals surface area contributed by atoms with Crippen molar-refractivity contribution in [2.75, 3.05) is 11.9 Å². The molecule has 7 heteroatoms. The van der Waals surface area contributed by atoms with Crippen LogP contribution in [0.3, 0.4) is 0 Å². The molecule has 0 bridgehead atoms. The Kier molecular flexibility index (Phi) is 5.47. The Morgan fingerprint density at radius 3 is 2.57 bits per heavy atom. The summed E-state index contributed by atoms with van der Waals surface area (Å²) in [7, 11) is 0. The van der Waals surface area contributed by atoms with Gasteiger partial charge >= 0.3 is 6.61 Å². The number of halogens is 2. The number of nitrogens with zero attached hydrogens (tertiary/aromatic N) is 1. The SMILES string of the molecule is N#Cc1cccc(OCC(=O)Nc2ccc(OC(F)F)cc2)c1. The van der Waals surface area contributed by atoms with E-state index in [1.54, 1.807) is 18.2 Å². The maximum atomic E-state index is 12.0. The molecule has 0 spiro atoms. The van der Waals surface area contributed by atoms with Gasteiger partial charge in [-0.2, -0.15) is 14.0 Å². The monoisotopic (exact) mass is 318 g/mol. The molecule has 2 aromatic rings. The fourth-order valence-electron chi connectivity index (χ4n) is 1.72. The van der Waals surface area contributed by atoms with E-state index in [-0.39, 0.29) is 12.4 Å². The van der Waals surface area contributed by atoms with Crippen LogP contribution >= 0.6 is 0 Å². The molecule has 118 valence electrons. The normalized spacial score (nSPS) is 10.0. The van der Waals surface area contributed by atoms with E-state index in [2.05, 4.69) is 10.1 Å². The van der Waals surface area contributed by atoms with Crippen molar-refractivity contribution >= 4 is 11.6 Å². The summed E-state index contributed by atoms with van der Waals surface area (Å²) in [5.41, 5.74) is 0.850. The molecular formula is C16H12F2N2O3. The van der Waals surface area contributed by atoms with E-state index in [0.717, 1.165) is 0 Å². The highest BCUT2D eigenvalue weighted by Gasteiger charge is 2.06. The zero-order chi connectivity index (χ0) is 16.7. The molecule has 2 aromatic carbocycles. The van der Waals surface area contributed by atoms with Gasteiger partial charge in [0.25, 0.3) is 5.91 Å². The van der Waals surface area contributed by atoms with Gasteiger partial charge < -0.3 is 14.8 Å². The molecule has 0 aromatic heterocycles. The second-order valence-corrected chi connectivity index (χ2v) is 4.38. The Morgan fingerprint density at radius 2 is 1.91 bits per heavy atom. The number of nitrogens with one attached hydrogen (secondary N) is 1. The number of alkyl halides is 2. The number of amides is 1. The molecule has 0 aliphatic carbocycles. The quantitative estimate of drug-likeness (QED) is 0.888. The lowest BCUT2D eigenvalue weighted by Crippen LogP contribution is -2.20. The molecule has 0 saturated carbocycles. The summed E-state index contributed by atoms with van der Waals surface area (Å²) in [6.45, 7) is -3.14. The van der Waals surface area contributed by atoms with Gasteiger partial charge in [0.2, 0.25) is 0 Å². The largest absolute Gasteiger partial charge is 0.484 e. The average molecular weight is 318 g/mol. The van der Waals surface area contributed by atoms with E-state index in [0.29, 0.717) is 17.0 Å². The molecule has 5 nitrogen and oxygen atoms in total. The first kappa shape index (κ1) is 16.2. The van der Waals surface area contributed by atoms with Crippen LogP contribution in [0.25, 0.3) is 0 Å². The molecule has 1 amide bonds. The predicted octanol–water partition coefficient (Wildman–Crippen LogP) is 3.18. The molecule has 0 atom stereocenters. The Hall–Kier alpha value is -3.14. The number of rotatable bonds is 6. The third kappa shape index (κ3) is 5.28. The topological polar surface area (TPSA) is 71.3 Å². The minimum atomic E-state index is -2.90. The van der Waals surface area contributed by atoms with E-state index in [1.807, 2.05) is 6.07 Å². The van der Waals surface area contributed by atoms with Crippen molar-refractivity contribution < 1.29 is 23.0 Å². The summed E-state index contributed by atoms with van der Waals surface area (Å²) in [5.74, 6) is -0.0164. The molecule has 0 aliphatic rings. The number of hydrogen-bond donors (Lipinski definition) is 1. The summed E-state index contributed by atoms with van der Waals surface area (Å²) >= 11 is 0. The predicted molar refractivity (Wildman–Crippen MR) is 78.4 cm³/mol. The summed E-state index contributed by atoms with van der Waals surface area (Å²) in [4.78, 5) is 11.8. The minimum absolute atomic E-state index is 0.00238. The fraction of sp³-hybridized carbons (Fsp3) is 0.125. The van der Waals surface area contributed by atoms with E-state index in [4.69, 9.17) is 10.00 Å². The Morgan fingerprint density at radius 1 is 1.17 bits per heavy atom. The lowest BCUT2D eigenvalue weighted by atomic mass is 10.2. The number of carbonyl (C=O) groups is 1. The van der Waals surface area contributed by atoms with Crippen molar-refractivity contribution in [3.63, 3.8) is 0 Å². The van der Waals surface area contributed by atoms with Gasteiger partial charge in [-0.15, -0.1) is 0 Å². The van der Waals surface area contributed by atoms with Gasteiger partial charge in [0, 0.05) is 5.69 Å². The second-order valence-electron chi connectivity index (χ2n) is 4.38. The lowest BCUT2D eigenvalue weighted by Gasteiger charge is -2.09. The number of hydrogen-bond acceptors (Lipinski definition) is 4. The molecule has 0 saturated heterocycles. The minimum Gasteiger partial charge on any atom is -0.484 e. The third-order valence-corrected chi connectivity index (χ3v) is 2.70. The smallest absolute Gasteiger partial charge is 0.387 e. The maximum Gasteiger partial charge on any atom is 0.387 e. The molecule has 0 aliphatic heterocycles. The van der Waals surface area contributed by atoms with Crippen molar-refractivity contribution in [3.05, 3.63) is 54.1 Å². The average Bonchev–Trinajstić information content (AvgIpc) is 2.54. The molecule has 1 N–H and O–H groups in total. The van der Waals surface area contributed by atoms with Gasteiger partial charge in [0.1, 0.15) is 11.5 Å². The van der Waals surface area contributed by atoms with Crippen LogP contribution in [-0.4, -0.2) is 19.1 Å². The van der Waals surface area contributed by atoms with Crippen molar-refractivity contribution in [2.45, 2.75) is 6.61 Å². The first-order chi connectivity index (χ1) is 11.1. The van der Waals surface area contributed by atoms with Crippen LogP contribution in [0.4, 0.5) is 14.5 Å². The highest BCUT2D eigenvalue weighted by molar-refractivity contribution is 5.91. The lowest BCUT2D eigenvalue weighted by molar-refractivity contribution is -0.118. The summed E-state index contributed by atoms with van der Waals surface area (Å²) in [6.07, 6.45) is 0. The number of nitriles is 1. The van der Waals surface area contributed by atoms with Crippen LogP contribution in [0, 0.1) is 11.3 Å². The molecular weight excluding hydrogens is 306 g/mol. The summed E-state index contributed by atoms with van der Waals surface area (Å²) < 4.78 is 33.5. The van der Waals surface area contributed by atoms with Gasteiger partial charge in [-0.3, -0.25) is 4.79 Å². The van der Waals surface area contributed by atoms with Crippen LogP contribution in [0.2, 0.25) is 0 Å². The first-order valence-electron chi connectivity index (χ1n) is 6.54. The van der Waals surface area contributed by atoms with Gasteiger partial charge in [0.15, 0.2) is 6.61 Å². The standard InChI is InChI=1S/C16H12F2N2O3/c17-16(18)23-13-6-4-12(5-7-13)20-15(21)10-22-14-3-1-2-11(8-14)9-19/h1-8,16H,10H2,(H,20,21). The summed E-state index contributed by atoms with van der Waals surface area (Å²) in [6, 6.07) is 13.9. The van der Waals surface area contributed by atoms with Gasteiger partial charge in [-0.1, -0.05) is 6.07 Å². The molecule has 23 heavy (non-hydrogen) atoms. The van der Waals surface area contributed by atoms with Crippen LogP contribution in [-0.2, 0) is 4.79 Å². The van der Waals surface area contributed by atoms with E-state index >= 15 is 0 Å². The van der Waals surface area contributed by atoms with Gasteiger partial charge in [-0.05, 0) is 42.5 Å². The molecule has 0 radical (unpaired) electrons. The van der Waals surface area contributed by atoms with Crippen molar-refractivity contribution in [3.8, 4) is 17.6 Å². The van der Waals surface area contributed by atoms with Gasteiger partial charge in [0.05, 0.1) is 11.6 Å². The van der Waals surface area contributed by atoms with Crippen molar-refractivity contribution in [1.82, 2.24) is 0 Å². The van der Waals surface area contributed by atoms with Crippen molar-refractivity contribution in [2.24, 2.45) is 0 Å².